The summed E-state index contributed by atoms with van der Waals surface area (Å²) in [5.41, 5.74) is 0. The van der Waals surface area contributed by atoms with E-state index >= 15 is 0 Å². The Morgan fingerprint density at radius 1 is 1.28 bits per heavy atom. The molecule has 1 heterocycles. The van der Waals surface area contributed by atoms with Crippen molar-refractivity contribution in [2.75, 3.05) is 39.3 Å². The van der Waals surface area contributed by atoms with Gasteiger partial charge in [0, 0.05) is 39.1 Å². The average Bonchev–Trinajstić information content (AvgIpc) is 2.35. The maximum atomic E-state index is 11.8. The summed E-state index contributed by atoms with van der Waals surface area (Å²) >= 11 is 0. The van der Waals surface area contributed by atoms with Crippen molar-refractivity contribution in [3.63, 3.8) is 0 Å². The van der Waals surface area contributed by atoms with Crippen LogP contribution in [-0.2, 0) is 4.79 Å². The first-order valence-corrected chi connectivity index (χ1v) is 6.49. The zero-order chi connectivity index (χ0) is 13.5. The van der Waals surface area contributed by atoms with Gasteiger partial charge in [-0.05, 0) is 12.5 Å². The number of amides is 2. The molecule has 6 nitrogen and oxygen atoms in total. The number of rotatable bonds is 5. The number of carboxylic acids is 1. The summed E-state index contributed by atoms with van der Waals surface area (Å²) in [7, 11) is 0. The molecule has 1 aliphatic heterocycles. The second-order valence-corrected chi connectivity index (χ2v) is 4.81. The molecule has 6 heteroatoms. The van der Waals surface area contributed by atoms with Crippen molar-refractivity contribution in [2.24, 2.45) is 5.92 Å². The molecular weight excluding hydrogens is 234 g/mol. The minimum atomic E-state index is -0.826. The number of carbonyl (C=O) groups excluding carboxylic acids is 1. The van der Waals surface area contributed by atoms with Gasteiger partial charge in [0.25, 0.3) is 0 Å². The lowest BCUT2D eigenvalue weighted by molar-refractivity contribution is -0.137. The topological polar surface area (TPSA) is 72.9 Å². The second kappa shape index (κ2) is 7.20. The van der Waals surface area contributed by atoms with E-state index in [1.54, 1.807) is 4.90 Å². The number of carbonyl (C=O) groups is 2. The van der Waals surface area contributed by atoms with Crippen molar-refractivity contribution in [3.8, 4) is 0 Å². The van der Waals surface area contributed by atoms with Gasteiger partial charge in [0.15, 0.2) is 0 Å². The number of likely N-dealkylation sites (N-methyl/N-ethyl adjacent to an activating group) is 1. The predicted octanol–water partition coefficient (Wildman–Crippen LogP) is 0.444. The molecule has 18 heavy (non-hydrogen) atoms. The van der Waals surface area contributed by atoms with Gasteiger partial charge in [0.05, 0.1) is 0 Å². The second-order valence-electron chi connectivity index (χ2n) is 4.81. The van der Waals surface area contributed by atoms with E-state index in [2.05, 4.69) is 17.1 Å². The van der Waals surface area contributed by atoms with E-state index in [9.17, 15) is 9.59 Å². The van der Waals surface area contributed by atoms with Gasteiger partial charge in [0.2, 0.25) is 0 Å². The Morgan fingerprint density at radius 2 is 1.89 bits per heavy atom. The van der Waals surface area contributed by atoms with Crippen molar-refractivity contribution in [2.45, 2.75) is 20.3 Å². The van der Waals surface area contributed by atoms with E-state index in [4.69, 9.17) is 5.11 Å². The Labute approximate surface area is 108 Å². The lowest BCUT2D eigenvalue weighted by Gasteiger charge is -2.34. The van der Waals surface area contributed by atoms with Crippen molar-refractivity contribution in [3.05, 3.63) is 0 Å². The van der Waals surface area contributed by atoms with Gasteiger partial charge in [-0.1, -0.05) is 13.8 Å². The summed E-state index contributed by atoms with van der Waals surface area (Å²) in [6.07, 6.45) is 0.0872. The molecule has 0 spiro atoms. The number of aliphatic carboxylic acids is 1. The Bertz CT molecular complexity index is 288. The molecular formula is C12H23N3O3. The fraction of sp³-hybridized carbons (Fsp3) is 0.833. The molecule has 104 valence electrons. The summed E-state index contributed by atoms with van der Waals surface area (Å²) in [6, 6.07) is -0.0806. The first-order chi connectivity index (χ1) is 8.52. The minimum Gasteiger partial charge on any atom is -0.481 e. The fourth-order valence-electron chi connectivity index (χ4n) is 2.01. The van der Waals surface area contributed by atoms with Gasteiger partial charge in [0.1, 0.15) is 0 Å². The molecule has 1 unspecified atom stereocenters. The van der Waals surface area contributed by atoms with Crippen LogP contribution >= 0.6 is 0 Å². The molecule has 1 atom stereocenters. The van der Waals surface area contributed by atoms with Gasteiger partial charge in [-0.25, -0.2) is 4.79 Å². The van der Waals surface area contributed by atoms with Crippen LogP contribution in [0.5, 0.6) is 0 Å². The molecule has 2 amide bonds. The molecule has 0 bridgehead atoms. The summed E-state index contributed by atoms with van der Waals surface area (Å²) in [5, 5.41) is 11.4. The van der Waals surface area contributed by atoms with Gasteiger partial charge in [-0.3, -0.25) is 4.79 Å². The van der Waals surface area contributed by atoms with E-state index in [-0.39, 0.29) is 18.4 Å². The standard InChI is InChI=1S/C12H23N3O3/c1-3-14-4-6-15(7-5-14)12(18)13-9-10(2)8-11(16)17/h10H,3-9H2,1-2H3,(H,13,18)(H,16,17). The SMILES string of the molecule is CCN1CCN(C(=O)NCC(C)CC(=O)O)CC1. The molecule has 1 saturated heterocycles. The molecule has 0 aromatic carbocycles. The van der Waals surface area contributed by atoms with Crippen LogP contribution in [0.25, 0.3) is 0 Å². The molecule has 2 N–H and O–H groups in total. The maximum absolute atomic E-state index is 11.8. The van der Waals surface area contributed by atoms with Gasteiger partial charge in [-0.2, -0.15) is 0 Å². The van der Waals surface area contributed by atoms with Crippen LogP contribution in [0.3, 0.4) is 0 Å². The van der Waals surface area contributed by atoms with E-state index in [0.29, 0.717) is 6.54 Å². The van der Waals surface area contributed by atoms with Crippen LogP contribution < -0.4 is 5.32 Å². The Morgan fingerprint density at radius 3 is 2.39 bits per heavy atom. The Hall–Kier alpha value is -1.30. The number of nitrogens with one attached hydrogen (secondary N) is 1. The quantitative estimate of drug-likeness (QED) is 0.750. The monoisotopic (exact) mass is 257 g/mol. The van der Waals surface area contributed by atoms with E-state index in [0.717, 1.165) is 32.7 Å². The zero-order valence-electron chi connectivity index (χ0n) is 11.2. The van der Waals surface area contributed by atoms with Crippen LogP contribution in [0.15, 0.2) is 0 Å². The van der Waals surface area contributed by atoms with Crippen molar-refractivity contribution >= 4 is 12.0 Å². The highest BCUT2D eigenvalue weighted by atomic mass is 16.4. The lowest BCUT2D eigenvalue weighted by Crippen LogP contribution is -2.52. The summed E-state index contributed by atoms with van der Waals surface area (Å²) < 4.78 is 0. The normalized spacial score (nSPS) is 18.4. The van der Waals surface area contributed by atoms with Crippen molar-refractivity contribution in [1.29, 1.82) is 0 Å². The van der Waals surface area contributed by atoms with Crippen LogP contribution in [0.1, 0.15) is 20.3 Å². The van der Waals surface area contributed by atoms with Crippen LogP contribution in [0, 0.1) is 5.92 Å². The highest BCUT2D eigenvalue weighted by molar-refractivity contribution is 5.74. The van der Waals surface area contributed by atoms with Crippen molar-refractivity contribution in [1.82, 2.24) is 15.1 Å². The molecule has 0 aromatic heterocycles. The van der Waals surface area contributed by atoms with Gasteiger partial charge in [-0.15, -0.1) is 0 Å². The van der Waals surface area contributed by atoms with E-state index in [1.165, 1.54) is 0 Å². The zero-order valence-corrected chi connectivity index (χ0v) is 11.2. The third kappa shape index (κ3) is 4.91. The number of carboxylic acid groups (broad SMARTS) is 1. The highest BCUT2D eigenvalue weighted by Crippen LogP contribution is 2.03. The highest BCUT2D eigenvalue weighted by Gasteiger charge is 2.20. The molecule has 1 rings (SSSR count). The predicted molar refractivity (Wildman–Crippen MR) is 68.5 cm³/mol. The smallest absolute Gasteiger partial charge is 0.317 e. The largest absolute Gasteiger partial charge is 0.481 e. The van der Waals surface area contributed by atoms with Crippen molar-refractivity contribution < 1.29 is 14.7 Å². The first kappa shape index (κ1) is 14.8. The molecule has 1 aliphatic rings. The van der Waals surface area contributed by atoms with Gasteiger partial charge < -0.3 is 20.2 Å². The third-order valence-corrected chi connectivity index (χ3v) is 3.23. The van der Waals surface area contributed by atoms with Crippen LogP contribution in [0.2, 0.25) is 0 Å². The first-order valence-electron chi connectivity index (χ1n) is 6.49. The molecule has 0 radical (unpaired) electrons. The van der Waals surface area contributed by atoms with Gasteiger partial charge >= 0.3 is 12.0 Å². The van der Waals surface area contributed by atoms with Crippen LogP contribution in [0.4, 0.5) is 4.79 Å². The number of piperazine rings is 1. The van der Waals surface area contributed by atoms with E-state index < -0.39 is 5.97 Å². The fourth-order valence-corrected chi connectivity index (χ4v) is 2.01. The summed E-state index contributed by atoms with van der Waals surface area (Å²) in [6.45, 7) is 8.68. The molecule has 0 saturated carbocycles. The lowest BCUT2D eigenvalue weighted by atomic mass is 10.1. The molecule has 1 fully saturated rings. The van der Waals surface area contributed by atoms with Crippen LogP contribution in [-0.4, -0.2) is 66.2 Å². The third-order valence-electron chi connectivity index (χ3n) is 3.23. The Kier molecular flexibility index (Phi) is 5.91. The van der Waals surface area contributed by atoms with E-state index in [1.807, 2.05) is 6.92 Å². The average molecular weight is 257 g/mol. The molecule has 0 aliphatic carbocycles. The number of hydrogen-bond donors (Lipinski definition) is 2. The number of hydrogen-bond acceptors (Lipinski definition) is 3. The minimum absolute atomic E-state index is 0.0385. The Balaban J connectivity index is 2.23. The maximum Gasteiger partial charge on any atom is 0.317 e. The summed E-state index contributed by atoms with van der Waals surface area (Å²) in [4.78, 5) is 26.4. The summed E-state index contributed by atoms with van der Waals surface area (Å²) in [5.74, 6) is -0.864. The molecule has 0 aromatic rings. The number of nitrogens with zero attached hydrogens (tertiary/aromatic N) is 2. The number of urea groups is 1.